The Kier molecular flexibility index (Phi) is 7.98. The summed E-state index contributed by atoms with van der Waals surface area (Å²) in [5.41, 5.74) is 3.32. The van der Waals surface area contributed by atoms with Gasteiger partial charge >= 0.3 is 0 Å². The number of pyridine rings is 2. The molecule has 172 valence electrons. The maximum absolute atomic E-state index is 13.4. The largest absolute Gasteiger partial charge is 0.384 e. The maximum atomic E-state index is 13.4. The minimum atomic E-state index is -0.267. The van der Waals surface area contributed by atoms with Crippen LogP contribution in [-0.4, -0.2) is 36.1 Å². The smallest absolute Gasteiger partial charge is 0.125 e. The highest BCUT2D eigenvalue weighted by Gasteiger charge is 2.04. The van der Waals surface area contributed by atoms with Crippen LogP contribution in [-0.2, 0) is 0 Å². The number of rotatable bonds is 12. The van der Waals surface area contributed by atoms with Crippen molar-refractivity contribution >= 4 is 33.2 Å². The Bertz CT molecular complexity index is 1100. The molecule has 0 unspecified atom stereocenters. The molecule has 0 bridgehead atoms. The van der Waals surface area contributed by atoms with Crippen molar-refractivity contribution in [1.82, 2.24) is 15.3 Å². The van der Waals surface area contributed by atoms with Crippen LogP contribution in [0.3, 0.4) is 0 Å². The van der Waals surface area contributed by atoms with Gasteiger partial charge in [0.2, 0.25) is 0 Å². The van der Waals surface area contributed by atoms with Crippen molar-refractivity contribution in [1.29, 1.82) is 0 Å². The third-order valence-electron chi connectivity index (χ3n) is 5.60. The van der Waals surface area contributed by atoms with Gasteiger partial charge in [-0.1, -0.05) is 0 Å². The van der Waals surface area contributed by atoms with E-state index in [9.17, 15) is 8.78 Å². The van der Waals surface area contributed by atoms with E-state index in [4.69, 9.17) is 0 Å². The molecule has 2 aromatic heterocycles. The molecule has 0 spiro atoms. The summed E-state index contributed by atoms with van der Waals surface area (Å²) in [5.74, 6) is -0.534. The van der Waals surface area contributed by atoms with Gasteiger partial charge in [-0.3, -0.25) is 9.97 Å². The number of nitrogens with one attached hydrogen (secondary N) is 3. The SMILES string of the molecule is Fc1ccc2c(NCCCCNCCCCNc3ccnc4cc(F)ccc34)ccnc2c1. The molecule has 4 rings (SSSR count). The van der Waals surface area contributed by atoms with Crippen molar-refractivity contribution < 1.29 is 8.78 Å². The predicted molar refractivity (Wildman–Crippen MR) is 132 cm³/mol. The van der Waals surface area contributed by atoms with Gasteiger partial charge in [0.1, 0.15) is 11.6 Å². The van der Waals surface area contributed by atoms with Crippen LogP contribution in [0.25, 0.3) is 21.8 Å². The highest BCUT2D eigenvalue weighted by atomic mass is 19.1. The van der Waals surface area contributed by atoms with Crippen LogP contribution in [0.5, 0.6) is 0 Å². The zero-order valence-corrected chi connectivity index (χ0v) is 18.6. The monoisotopic (exact) mass is 449 g/mol. The average molecular weight is 450 g/mol. The highest BCUT2D eigenvalue weighted by Crippen LogP contribution is 2.23. The zero-order valence-electron chi connectivity index (χ0n) is 18.6. The Hall–Kier alpha value is -3.32. The van der Waals surface area contributed by atoms with Crippen molar-refractivity contribution in [2.45, 2.75) is 25.7 Å². The molecular formula is C26H29F2N5. The predicted octanol–water partition coefficient (Wildman–Crippen LogP) is 5.74. The van der Waals surface area contributed by atoms with Crippen molar-refractivity contribution in [3.63, 3.8) is 0 Å². The van der Waals surface area contributed by atoms with E-state index < -0.39 is 0 Å². The quantitative estimate of drug-likeness (QED) is 0.241. The number of fused-ring (bicyclic) bond motifs is 2. The Morgan fingerprint density at radius 1 is 0.576 bits per heavy atom. The molecule has 4 aromatic rings. The Morgan fingerprint density at radius 2 is 1.03 bits per heavy atom. The Balaban J connectivity index is 1.07. The van der Waals surface area contributed by atoms with Crippen molar-refractivity contribution in [2.24, 2.45) is 0 Å². The lowest BCUT2D eigenvalue weighted by Crippen LogP contribution is -2.18. The molecule has 33 heavy (non-hydrogen) atoms. The number of halogens is 2. The van der Waals surface area contributed by atoms with E-state index in [-0.39, 0.29) is 11.6 Å². The molecule has 0 aliphatic carbocycles. The second-order valence-electron chi connectivity index (χ2n) is 8.06. The Morgan fingerprint density at radius 3 is 1.52 bits per heavy atom. The van der Waals surface area contributed by atoms with Crippen LogP contribution in [0.1, 0.15) is 25.7 Å². The number of hydrogen-bond acceptors (Lipinski definition) is 5. The highest BCUT2D eigenvalue weighted by molar-refractivity contribution is 5.91. The summed E-state index contributed by atoms with van der Waals surface area (Å²) in [6, 6.07) is 13.3. The summed E-state index contributed by atoms with van der Waals surface area (Å²) in [7, 11) is 0. The average Bonchev–Trinajstić information content (AvgIpc) is 2.82. The van der Waals surface area contributed by atoms with Gasteiger partial charge in [0, 0.05) is 59.8 Å². The van der Waals surface area contributed by atoms with E-state index in [1.807, 2.05) is 12.1 Å². The van der Waals surface area contributed by atoms with E-state index in [1.54, 1.807) is 24.5 Å². The summed E-state index contributed by atoms with van der Waals surface area (Å²) >= 11 is 0. The van der Waals surface area contributed by atoms with Gasteiger partial charge in [-0.05, 0) is 75.2 Å². The van der Waals surface area contributed by atoms with Gasteiger partial charge in [0.25, 0.3) is 0 Å². The van der Waals surface area contributed by atoms with Crippen molar-refractivity contribution in [3.8, 4) is 0 Å². The third-order valence-corrected chi connectivity index (χ3v) is 5.60. The first kappa shape index (κ1) is 22.9. The second kappa shape index (κ2) is 11.5. The molecule has 2 aromatic carbocycles. The molecule has 0 saturated heterocycles. The fourth-order valence-electron chi connectivity index (χ4n) is 3.87. The normalized spacial score (nSPS) is 11.2. The minimum Gasteiger partial charge on any atom is -0.384 e. The molecule has 0 aliphatic rings. The molecule has 0 atom stereocenters. The van der Waals surface area contributed by atoms with E-state index in [1.165, 1.54) is 24.3 Å². The van der Waals surface area contributed by atoms with Gasteiger partial charge in [0.05, 0.1) is 11.0 Å². The van der Waals surface area contributed by atoms with Gasteiger partial charge in [-0.25, -0.2) is 8.78 Å². The van der Waals surface area contributed by atoms with E-state index in [0.717, 1.165) is 74.0 Å². The van der Waals surface area contributed by atoms with Crippen LogP contribution >= 0.6 is 0 Å². The van der Waals surface area contributed by atoms with E-state index >= 15 is 0 Å². The van der Waals surface area contributed by atoms with Gasteiger partial charge in [-0.15, -0.1) is 0 Å². The first-order valence-corrected chi connectivity index (χ1v) is 11.5. The van der Waals surface area contributed by atoms with Crippen LogP contribution in [0, 0.1) is 11.6 Å². The molecule has 2 heterocycles. The minimum absolute atomic E-state index is 0.267. The number of benzene rings is 2. The maximum Gasteiger partial charge on any atom is 0.125 e. The van der Waals surface area contributed by atoms with Crippen LogP contribution in [0.4, 0.5) is 20.2 Å². The van der Waals surface area contributed by atoms with Crippen LogP contribution in [0.2, 0.25) is 0 Å². The molecular weight excluding hydrogens is 420 g/mol. The topological polar surface area (TPSA) is 61.9 Å². The number of anilines is 2. The second-order valence-corrected chi connectivity index (χ2v) is 8.06. The molecule has 0 fully saturated rings. The number of unbranched alkanes of at least 4 members (excludes halogenated alkanes) is 2. The summed E-state index contributed by atoms with van der Waals surface area (Å²) in [6.07, 6.45) is 7.68. The van der Waals surface area contributed by atoms with Gasteiger partial charge in [-0.2, -0.15) is 0 Å². The van der Waals surface area contributed by atoms with Gasteiger partial charge in [0.15, 0.2) is 0 Å². The van der Waals surface area contributed by atoms with E-state index in [2.05, 4.69) is 25.9 Å². The summed E-state index contributed by atoms with van der Waals surface area (Å²) in [5, 5.41) is 12.2. The lowest BCUT2D eigenvalue weighted by atomic mass is 10.1. The summed E-state index contributed by atoms with van der Waals surface area (Å²) in [6.45, 7) is 3.70. The molecule has 0 amide bonds. The van der Waals surface area contributed by atoms with Gasteiger partial charge < -0.3 is 16.0 Å². The van der Waals surface area contributed by atoms with E-state index in [0.29, 0.717) is 11.0 Å². The Labute approximate surface area is 192 Å². The fraction of sp³-hybridized carbons (Fsp3) is 0.308. The first-order chi connectivity index (χ1) is 16.2. The fourth-order valence-corrected chi connectivity index (χ4v) is 3.87. The molecule has 5 nitrogen and oxygen atoms in total. The van der Waals surface area contributed by atoms with Crippen LogP contribution < -0.4 is 16.0 Å². The lowest BCUT2D eigenvalue weighted by Gasteiger charge is -2.10. The molecule has 0 aliphatic heterocycles. The molecule has 3 N–H and O–H groups in total. The molecule has 0 radical (unpaired) electrons. The number of aromatic nitrogens is 2. The third kappa shape index (κ3) is 6.35. The van der Waals surface area contributed by atoms with Crippen molar-refractivity contribution in [2.75, 3.05) is 36.8 Å². The standard InChI is InChI=1S/C26H29F2N5/c27-19-5-7-21-23(9-15-32-25(21)17-19)30-13-3-1-11-29-12-2-4-14-31-24-10-16-33-26-18-20(28)6-8-22(24)26/h5-10,15-18,29H,1-4,11-14H2,(H,30,32)(H,31,33). The van der Waals surface area contributed by atoms with Crippen LogP contribution in [0.15, 0.2) is 60.9 Å². The number of nitrogens with zero attached hydrogens (tertiary/aromatic N) is 2. The zero-order chi connectivity index (χ0) is 22.9. The van der Waals surface area contributed by atoms with Crippen molar-refractivity contribution in [3.05, 3.63) is 72.6 Å². The molecule has 0 saturated carbocycles. The number of hydrogen-bond donors (Lipinski definition) is 3. The molecule has 7 heteroatoms. The summed E-state index contributed by atoms with van der Waals surface area (Å²) < 4.78 is 26.7. The summed E-state index contributed by atoms with van der Waals surface area (Å²) in [4.78, 5) is 8.45. The first-order valence-electron chi connectivity index (χ1n) is 11.5. The lowest BCUT2D eigenvalue weighted by molar-refractivity contribution is 0.601.